The summed E-state index contributed by atoms with van der Waals surface area (Å²) in [6.45, 7) is 3.86. The molecule has 1 aromatic heterocycles. The second-order valence-electron chi connectivity index (χ2n) is 5.65. The third-order valence-electron chi connectivity index (χ3n) is 3.92. The summed E-state index contributed by atoms with van der Waals surface area (Å²) in [4.78, 5) is 12.4. The summed E-state index contributed by atoms with van der Waals surface area (Å²) in [6.07, 6.45) is 5.71. The molecule has 0 bridgehead atoms. The van der Waals surface area contributed by atoms with Crippen LogP contribution in [0.15, 0.2) is 81.7 Å². The summed E-state index contributed by atoms with van der Waals surface area (Å²) in [5.74, 6) is 2.62. The van der Waals surface area contributed by atoms with Crippen LogP contribution in [0.5, 0.6) is 11.5 Å². The number of ether oxygens (including phenoxy) is 2. The van der Waals surface area contributed by atoms with Crippen LogP contribution in [0.25, 0.3) is 22.3 Å². The van der Waals surface area contributed by atoms with E-state index in [4.69, 9.17) is 13.9 Å². The van der Waals surface area contributed by atoms with Crippen LogP contribution < -0.4 is 14.9 Å². The standard InChI is InChI=1S/C22H20O4/c1-4-6-16(5-2)25-17-9-7-15(8-10-17)22-14-20(23)19-13-18(24-3)11-12-21(19)26-22/h4-14H,1-3H3/b6-4-,16-5+. The number of allylic oxidation sites excluding steroid dienone is 3. The number of hydrogen-bond donors (Lipinski definition) is 0. The fourth-order valence-electron chi connectivity index (χ4n) is 2.58. The third kappa shape index (κ3) is 3.70. The van der Waals surface area contributed by atoms with E-state index in [2.05, 4.69) is 0 Å². The number of rotatable bonds is 5. The van der Waals surface area contributed by atoms with Crippen molar-refractivity contribution >= 4 is 11.0 Å². The zero-order valence-electron chi connectivity index (χ0n) is 15.0. The minimum absolute atomic E-state index is 0.107. The Balaban J connectivity index is 1.93. The van der Waals surface area contributed by atoms with E-state index >= 15 is 0 Å². The Labute approximate surface area is 152 Å². The van der Waals surface area contributed by atoms with E-state index < -0.39 is 0 Å². The average molecular weight is 348 g/mol. The maximum Gasteiger partial charge on any atom is 0.193 e. The molecule has 0 N–H and O–H groups in total. The molecule has 0 saturated heterocycles. The van der Waals surface area contributed by atoms with Gasteiger partial charge in [0.25, 0.3) is 0 Å². The van der Waals surface area contributed by atoms with Crippen LogP contribution >= 0.6 is 0 Å². The van der Waals surface area contributed by atoms with Crippen molar-refractivity contribution in [2.45, 2.75) is 13.8 Å². The lowest BCUT2D eigenvalue weighted by Crippen LogP contribution is -2.00. The van der Waals surface area contributed by atoms with E-state index in [0.717, 1.165) is 11.3 Å². The van der Waals surface area contributed by atoms with Crippen LogP contribution in [0, 0.1) is 0 Å². The van der Waals surface area contributed by atoms with Gasteiger partial charge in [-0.05, 0) is 68.5 Å². The van der Waals surface area contributed by atoms with Gasteiger partial charge in [-0.25, -0.2) is 0 Å². The van der Waals surface area contributed by atoms with Crippen LogP contribution in [-0.2, 0) is 0 Å². The number of fused-ring (bicyclic) bond motifs is 1. The normalized spacial score (nSPS) is 11.9. The van der Waals surface area contributed by atoms with Gasteiger partial charge in [0.05, 0.1) is 12.5 Å². The summed E-state index contributed by atoms with van der Waals surface area (Å²) < 4.78 is 16.8. The molecule has 4 heteroatoms. The van der Waals surface area contributed by atoms with Gasteiger partial charge in [0.1, 0.15) is 28.6 Å². The second-order valence-corrected chi connectivity index (χ2v) is 5.65. The molecule has 0 radical (unpaired) electrons. The molecule has 2 aromatic carbocycles. The molecular formula is C22H20O4. The van der Waals surface area contributed by atoms with E-state index in [1.165, 1.54) is 6.07 Å². The van der Waals surface area contributed by atoms with Crippen LogP contribution in [0.1, 0.15) is 13.8 Å². The van der Waals surface area contributed by atoms with E-state index in [0.29, 0.717) is 28.2 Å². The van der Waals surface area contributed by atoms with Crippen molar-refractivity contribution in [3.05, 3.63) is 82.7 Å². The molecule has 0 atom stereocenters. The molecule has 3 rings (SSSR count). The topological polar surface area (TPSA) is 48.7 Å². The van der Waals surface area contributed by atoms with Crippen LogP contribution in [0.3, 0.4) is 0 Å². The molecule has 0 spiro atoms. The minimum Gasteiger partial charge on any atom is -0.497 e. The number of methoxy groups -OCH3 is 1. The molecule has 4 nitrogen and oxygen atoms in total. The molecule has 0 amide bonds. The van der Waals surface area contributed by atoms with Gasteiger partial charge in [-0.1, -0.05) is 6.08 Å². The Kier molecular flexibility index (Phi) is 5.23. The summed E-state index contributed by atoms with van der Waals surface area (Å²) in [6, 6.07) is 14.1. The average Bonchev–Trinajstić information content (AvgIpc) is 2.68. The zero-order chi connectivity index (χ0) is 18.5. The Morgan fingerprint density at radius 2 is 1.73 bits per heavy atom. The summed E-state index contributed by atoms with van der Waals surface area (Å²) in [5, 5.41) is 0.497. The summed E-state index contributed by atoms with van der Waals surface area (Å²) in [5.41, 5.74) is 1.22. The first-order valence-corrected chi connectivity index (χ1v) is 8.34. The van der Waals surface area contributed by atoms with E-state index in [1.54, 1.807) is 25.3 Å². The van der Waals surface area contributed by atoms with Crippen molar-refractivity contribution < 1.29 is 13.9 Å². The lowest BCUT2D eigenvalue weighted by atomic mass is 10.1. The van der Waals surface area contributed by atoms with Crippen molar-refractivity contribution in [3.63, 3.8) is 0 Å². The molecule has 0 fully saturated rings. The van der Waals surface area contributed by atoms with Gasteiger partial charge in [0.2, 0.25) is 0 Å². The fraction of sp³-hybridized carbons (Fsp3) is 0.136. The van der Waals surface area contributed by atoms with Crippen molar-refractivity contribution in [1.82, 2.24) is 0 Å². The van der Waals surface area contributed by atoms with Crippen LogP contribution in [-0.4, -0.2) is 7.11 Å². The molecular weight excluding hydrogens is 328 g/mol. The molecule has 132 valence electrons. The predicted molar refractivity (Wildman–Crippen MR) is 104 cm³/mol. The van der Waals surface area contributed by atoms with Crippen molar-refractivity contribution in [2.75, 3.05) is 7.11 Å². The summed E-state index contributed by atoms with van der Waals surface area (Å²) >= 11 is 0. The zero-order valence-corrected chi connectivity index (χ0v) is 15.0. The Bertz CT molecular complexity index is 1020. The van der Waals surface area contributed by atoms with Crippen molar-refractivity contribution in [1.29, 1.82) is 0 Å². The van der Waals surface area contributed by atoms with Gasteiger partial charge in [-0.3, -0.25) is 4.79 Å². The quantitative estimate of drug-likeness (QED) is 0.462. The van der Waals surface area contributed by atoms with Crippen LogP contribution in [0.4, 0.5) is 0 Å². The third-order valence-corrected chi connectivity index (χ3v) is 3.92. The van der Waals surface area contributed by atoms with Gasteiger partial charge < -0.3 is 13.9 Å². The highest BCUT2D eigenvalue weighted by molar-refractivity contribution is 5.80. The highest BCUT2D eigenvalue weighted by Crippen LogP contribution is 2.26. The Morgan fingerprint density at radius 1 is 1.00 bits per heavy atom. The molecule has 0 aliphatic rings. The second kappa shape index (κ2) is 7.74. The van der Waals surface area contributed by atoms with Gasteiger partial charge in [-0.15, -0.1) is 0 Å². The van der Waals surface area contributed by atoms with E-state index in [-0.39, 0.29) is 5.43 Å². The highest BCUT2D eigenvalue weighted by Gasteiger charge is 2.08. The SMILES string of the molecule is C/C=C\C(=C/C)Oc1ccc(-c2cc(=O)c3cc(OC)ccc3o2)cc1. The number of benzene rings is 2. The largest absolute Gasteiger partial charge is 0.497 e. The number of hydrogen-bond acceptors (Lipinski definition) is 4. The minimum atomic E-state index is -0.107. The first-order chi connectivity index (χ1) is 12.6. The Hall–Kier alpha value is -3.27. The Morgan fingerprint density at radius 3 is 2.38 bits per heavy atom. The van der Waals surface area contributed by atoms with Crippen molar-refractivity contribution in [3.8, 4) is 22.8 Å². The molecule has 0 unspecified atom stereocenters. The van der Waals surface area contributed by atoms with Crippen LogP contribution in [0.2, 0.25) is 0 Å². The molecule has 0 saturated carbocycles. The monoisotopic (exact) mass is 348 g/mol. The van der Waals surface area contributed by atoms with Gasteiger partial charge in [-0.2, -0.15) is 0 Å². The first-order valence-electron chi connectivity index (χ1n) is 8.34. The van der Waals surface area contributed by atoms with Gasteiger partial charge >= 0.3 is 0 Å². The fourth-order valence-corrected chi connectivity index (χ4v) is 2.58. The molecule has 26 heavy (non-hydrogen) atoms. The molecule has 3 aromatic rings. The van der Waals surface area contributed by atoms with Crippen molar-refractivity contribution in [2.24, 2.45) is 0 Å². The molecule has 0 aliphatic carbocycles. The van der Waals surface area contributed by atoms with E-state index in [9.17, 15) is 4.79 Å². The maximum absolute atomic E-state index is 12.4. The smallest absolute Gasteiger partial charge is 0.193 e. The predicted octanol–water partition coefficient (Wildman–Crippen LogP) is 5.33. The molecule has 1 heterocycles. The molecule has 0 aliphatic heterocycles. The maximum atomic E-state index is 12.4. The van der Waals surface area contributed by atoms with Gasteiger partial charge in [0.15, 0.2) is 5.43 Å². The lowest BCUT2D eigenvalue weighted by Gasteiger charge is -2.08. The summed E-state index contributed by atoms with van der Waals surface area (Å²) in [7, 11) is 1.57. The van der Waals surface area contributed by atoms with E-state index in [1.807, 2.05) is 56.3 Å². The van der Waals surface area contributed by atoms with Gasteiger partial charge in [0, 0.05) is 11.6 Å². The lowest BCUT2D eigenvalue weighted by molar-refractivity contribution is 0.415. The highest BCUT2D eigenvalue weighted by atomic mass is 16.5. The first kappa shape index (κ1) is 17.5.